The molecule has 0 saturated carbocycles. The average Bonchev–Trinajstić information content (AvgIpc) is 3.22. The zero-order chi connectivity index (χ0) is 21.3. The highest BCUT2D eigenvalue weighted by Crippen LogP contribution is 2.30. The molecule has 1 aliphatic rings. The summed E-state index contributed by atoms with van der Waals surface area (Å²) in [6.07, 6.45) is 1.48. The van der Waals surface area contributed by atoms with Gasteiger partial charge in [0.25, 0.3) is 15.9 Å². The number of fused-ring (bicyclic) bond motifs is 1. The van der Waals surface area contributed by atoms with Gasteiger partial charge in [0.1, 0.15) is 5.52 Å². The lowest BCUT2D eigenvalue weighted by molar-refractivity contribution is -0.0258. The normalized spacial score (nSPS) is 15.8. The molecule has 0 N–H and O–H groups in total. The zero-order valence-corrected chi connectivity index (χ0v) is 17.6. The van der Waals surface area contributed by atoms with Gasteiger partial charge in [0, 0.05) is 31.6 Å². The second-order valence-corrected chi connectivity index (χ2v) is 9.15. The minimum Gasteiger partial charge on any atom is -0.440 e. The number of hydroxylamine groups is 1. The summed E-state index contributed by atoms with van der Waals surface area (Å²) in [7, 11) is -1.24. The van der Waals surface area contributed by atoms with Crippen LogP contribution in [0.3, 0.4) is 0 Å². The van der Waals surface area contributed by atoms with Crippen LogP contribution in [0.5, 0.6) is 0 Å². The van der Waals surface area contributed by atoms with Crippen LogP contribution in [0.15, 0.2) is 57.8 Å². The number of nitrogens with zero attached hydrogens (tertiary/aromatic N) is 3. The number of aromatic nitrogens is 1. The van der Waals surface area contributed by atoms with Crippen LogP contribution in [-0.4, -0.2) is 55.9 Å². The monoisotopic (exact) mass is 429 g/mol. The molecule has 2 aromatic carbocycles. The Kier molecular flexibility index (Phi) is 5.59. The Bertz CT molecular complexity index is 1130. The molecule has 1 fully saturated rings. The molecule has 0 bridgehead atoms. The van der Waals surface area contributed by atoms with Crippen molar-refractivity contribution in [3.05, 3.63) is 60.0 Å². The number of carbonyl (C=O) groups excluding carboxylic acids is 1. The molecule has 4 rings (SSSR count). The lowest BCUT2D eigenvalue weighted by Gasteiger charge is -2.30. The van der Waals surface area contributed by atoms with Crippen LogP contribution in [0.25, 0.3) is 11.1 Å². The number of benzene rings is 2. The first kappa shape index (κ1) is 20.5. The van der Waals surface area contributed by atoms with Crippen molar-refractivity contribution >= 4 is 27.0 Å². The average molecular weight is 429 g/mol. The lowest BCUT2D eigenvalue weighted by Crippen LogP contribution is -2.38. The van der Waals surface area contributed by atoms with Crippen molar-refractivity contribution in [3.8, 4) is 0 Å². The summed E-state index contributed by atoms with van der Waals surface area (Å²) in [5.74, 6) is 0.672. The van der Waals surface area contributed by atoms with Gasteiger partial charge in [-0.05, 0) is 43.2 Å². The van der Waals surface area contributed by atoms with E-state index < -0.39 is 10.0 Å². The fourth-order valence-electron chi connectivity index (χ4n) is 3.61. The van der Waals surface area contributed by atoms with E-state index in [1.807, 2.05) is 24.3 Å². The van der Waals surface area contributed by atoms with Gasteiger partial charge < -0.3 is 9.32 Å². The Labute approximate surface area is 175 Å². The van der Waals surface area contributed by atoms with Crippen LogP contribution in [0.1, 0.15) is 35.0 Å². The number of oxazole rings is 1. The molecule has 8 nitrogen and oxygen atoms in total. The first-order chi connectivity index (χ1) is 14.4. The van der Waals surface area contributed by atoms with Crippen LogP contribution in [-0.2, 0) is 14.9 Å². The predicted octanol–water partition coefficient (Wildman–Crippen LogP) is 3.03. The molecule has 0 spiro atoms. The number of carbonyl (C=O) groups is 1. The molecule has 158 valence electrons. The highest BCUT2D eigenvalue weighted by atomic mass is 32.2. The van der Waals surface area contributed by atoms with Gasteiger partial charge >= 0.3 is 0 Å². The molecule has 0 atom stereocenters. The van der Waals surface area contributed by atoms with Crippen LogP contribution in [0.2, 0.25) is 0 Å². The van der Waals surface area contributed by atoms with Gasteiger partial charge in [-0.15, -0.1) is 0 Å². The molecule has 9 heteroatoms. The van der Waals surface area contributed by atoms with Gasteiger partial charge in [-0.25, -0.2) is 13.4 Å². The first-order valence-corrected chi connectivity index (χ1v) is 11.1. The standard InChI is InChI=1S/C21H23N3O5S/c1-23(28-2)30(26,27)17-7-5-6-16(14-17)21(25)24-12-10-15(11-13-24)20-22-18-8-3-4-9-19(18)29-20/h3-9,14-15H,10-13H2,1-2H3. The number of rotatable bonds is 5. The molecule has 1 aliphatic heterocycles. The molecule has 1 saturated heterocycles. The Morgan fingerprint density at radius 1 is 1.17 bits per heavy atom. The largest absolute Gasteiger partial charge is 0.440 e. The van der Waals surface area contributed by atoms with Crippen molar-refractivity contribution in [2.75, 3.05) is 27.2 Å². The van der Waals surface area contributed by atoms with Gasteiger partial charge in [0.05, 0.1) is 12.0 Å². The van der Waals surface area contributed by atoms with Gasteiger partial charge in [0.15, 0.2) is 11.5 Å². The summed E-state index contributed by atoms with van der Waals surface area (Å²) in [5.41, 5.74) is 1.94. The van der Waals surface area contributed by atoms with Crippen molar-refractivity contribution < 1.29 is 22.5 Å². The van der Waals surface area contributed by atoms with Crippen molar-refractivity contribution in [2.24, 2.45) is 0 Å². The predicted molar refractivity (Wildman–Crippen MR) is 110 cm³/mol. The maximum absolute atomic E-state index is 12.9. The highest BCUT2D eigenvalue weighted by Gasteiger charge is 2.28. The Hall–Kier alpha value is -2.75. The fraction of sp³-hybridized carbons (Fsp3) is 0.333. The third kappa shape index (κ3) is 3.83. The maximum atomic E-state index is 12.9. The number of hydrogen-bond donors (Lipinski definition) is 0. The van der Waals surface area contributed by atoms with Gasteiger partial charge in [0.2, 0.25) is 0 Å². The smallest absolute Gasteiger partial charge is 0.264 e. The van der Waals surface area contributed by atoms with E-state index in [9.17, 15) is 13.2 Å². The number of likely N-dealkylation sites (tertiary alicyclic amines) is 1. The summed E-state index contributed by atoms with van der Waals surface area (Å²) in [6.45, 7) is 1.11. The van der Waals surface area contributed by atoms with Crippen molar-refractivity contribution in [1.82, 2.24) is 14.4 Å². The van der Waals surface area contributed by atoms with Crippen molar-refractivity contribution in [3.63, 3.8) is 0 Å². The maximum Gasteiger partial charge on any atom is 0.264 e. The number of hydrogen-bond acceptors (Lipinski definition) is 6. The van der Waals surface area contributed by atoms with E-state index in [0.29, 0.717) is 24.5 Å². The van der Waals surface area contributed by atoms with Gasteiger partial charge in [-0.2, -0.15) is 0 Å². The molecule has 1 amide bonds. The number of para-hydroxylation sites is 2. The van der Waals surface area contributed by atoms with Crippen LogP contribution in [0.4, 0.5) is 0 Å². The summed E-state index contributed by atoms with van der Waals surface area (Å²) in [6, 6.07) is 13.7. The van der Waals surface area contributed by atoms with Gasteiger partial charge in [-0.1, -0.05) is 22.7 Å². The molecule has 1 aromatic heterocycles. The number of amides is 1. The topological polar surface area (TPSA) is 93.0 Å². The second kappa shape index (κ2) is 8.17. The molecular formula is C21H23N3O5S. The van der Waals surface area contributed by atoms with Crippen molar-refractivity contribution in [2.45, 2.75) is 23.7 Å². The van der Waals surface area contributed by atoms with Crippen LogP contribution in [0, 0.1) is 0 Å². The minimum absolute atomic E-state index is 0.0130. The molecule has 0 radical (unpaired) electrons. The van der Waals surface area contributed by atoms with E-state index in [-0.39, 0.29) is 16.7 Å². The third-order valence-corrected chi connectivity index (χ3v) is 7.09. The van der Waals surface area contributed by atoms with E-state index in [2.05, 4.69) is 4.98 Å². The molecule has 0 unspecified atom stereocenters. The fourth-order valence-corrected chi connectivity index (χ4v) is 4.63. The van der Waals surface area contributed by atoms with Crippen molar-refractivity contribution in [1.29, 1.82) is 0 Å². The molecule has 0 aliphatic carbocycles. The summed E-state index contributed by atoms with van der Waals surface area (Å²) in [5, 5.41) is 0. The van der Waals surface area contributed by atoms with Gasteiger partial charge in [-0.3, -0.25) is 9.63 Å². The van der Waals surface area contributed by atoms with E-state index in [1.54, 1.807) is 17.0 Å². The third-order valence-electron chi connectivity index (χ3n) is 5.42. The van der Waals surface area contributed by atoms with E-state index >= 15 is 0 Å². The minimum atomic E-state index is -3.81. The Morgan fingerprint density at radius 3 is 2.60 bits per heavy atom. The molecular weight excluding hydrogens is 406 g/mol. The first-order valence-electron chi connectivity index (χ1n) is 9.68. The number of piperidine rings is 1. The summed E-state index contributed by atoms with van der Waals surface area (Å²) < 4.78 is 31.5. The Balaban J connectivity index is 1.46. The SMILES string of the molecule is CON(C)S(=O)(=O)c1cccc(C(=O)N2CCC(c3nc4ccccc4o3)CC2)c1. The highest BCUT2D eigenvalue weighted by molar-refractivity contribution is 7.89. The molecule has 2 heterocycles. The van der Waals surface area contributed by atoms with E-state index in [1.165, 1.54) is 26.3 Å². The molecule has 3 aromatic rings. The summed E-state index contributed by atoms with van der Waals surface area (Å²) >= 11 is 0. The second-order valence-electron chi connectivity index (χ2n) is 7.21. The molecule has 30 heavy (non-hydrogen) atoms. The van der Waals surface area contributed by atoms with Crippen LogP contribution < -0.4 is 0 Å². The number of sulfonamides is 1. The van der Waals surface area contributed by atoms with Crippen LogP contribution >= 0.6 is 0 Å². The van der Waals surface area contributed by atoms with E-state index in [4.69, 9.17) is 9.25 Å². The lowest BCUT2D eigenvalue weighted by atomic mass is 9.96. The zero-order valence-electron chi connectivity index (χ0n) is 16.8. The summed E-state index contributed by atoms with van der Waals surface area (Å²) in [4.78, 5) is 24.1. The quantitative estimate of drug-likeness (QED) is 0.579. The Morgan fingerprint density at radius 2 is 1.90 bits per heavy atom. The van der Waals surface area contributed by atoms with E-state index in [0.717, 1.165) is 28.4 Å².